The number of nitrogens with two attached hydrogens (primary N) is 1. The Balaban J connectivity index is 3.07. The van der Waals surface area contributed by atoms with E-state index in [1.54, 1.807) is 6.92 Å². The van der Waals surface area contributed by atoms with Crippen LogP contribution in [-0.4, -0.2) is 14.5 Å². The highest BCUT2D eigenvalue weighted by Crippen LogP contribution is 2.17. The molecule has 102 valence electrons. The van der Waals surface area contributed by atoms with Crippen LogP contribution in [0.4, 0.5) is 4.39 Å². The molecule has 1 atom stereocenters. The first-order chi connectivity index (χ1) is 8.40. The summed E-state index contributed by atoms with van der Waals surface area (Å²) in [6.45, 7) is 3.81. The van der Waals surface area contributed by atoms with Crippen LogP contribution in [0.25, 0.3) is 0 Å². The lowest BCUT2D eigenvalue weighted by molar-refractivity contribution is 0.541. The van der Waals surface area contributed by atoms with Crippen LogP contribution in [-0.2, 0) is 16.6 Å². The predicted molar refractivity (Wildman–Crippen MR) is 69.0 cm³/mol. The molecule has 18 heavy (non-hydrogen) atoms. The second kappa shape index (κ2) is 6.26. The lowest BCUT2D eigenvalue weighted by Crippen LogP contribution is -2.33. The van der Waals surface area contributed by atoms with Gasteiger partial charge in [-0.3, -0.25) is 0 Å². The minimum Gasteiger partial charge on any atom is -0.326 e. The maximum absolute atomic E-state index is 13.2. The van der Waals surface area contributed by atoms with Gasteiger partial charge in [-0.2, -0.15) is 0 Å². The third kappa shape index (κ3) is 3.76. The Labute approximate surface area is 107 Å². The van der Waals surface area contributed by atoms with Crippen molar-refractivity contribution in [1.82, 2.24) is 4.72 Å². The summed E-state index contributed by atoms with van der Waals surface area (Å²) in [5.41, 5.74) is 5.88. The number of halogens is 1. The van der Waals surface area contributed by atoms with E-state index >= 15 is 0 Å². The van der Waals surface area contributed by atoms with Gasteiger partial charge in [0.05, 0.1) is 4.90 Å². The highest BCUT2D eigenvalue weighted by molar-refractivity contribution is 7.89. The van der Waals surface area contributed by atoms with Gasteiger partial charge in [-0.05, 0) is 31.0 Å². The van der Waals surface area contributed by atoms with E-state index in [9.17, 15) is 12.8 Å². The monoisotopic (exact) mass is 274 g/mol. The molecule has 1 rings (SSSR count). The number of hydrogen-bond acceptors (Lipinski definition) is 3. The van der Waals surface area contributed by atoms with Crippen LogP contribution in [0, 0.1) is 5.82 Å². The Kier molecular flexibility index (Phi) is 5.25. The fraction of sp³-hybridized carbons (Fsp3) is 0.500. The molecular weight excluding hydrogens is 255 g/mol. The fourth-order valence-electron chi connectivity index (χ4n) is 1.77. The van der Waals surface area contributed by atoms with Crippen LogP contribution < -0.4 is 10.5 Å². The van der Waals surface area contributed by atoms with Gasteiger partial charge in [-0.15, -0.1) is 0 Å². The van der Waals surface area contributed by atoms with Gasteiger partial charge in [0.2, 0.25) is 10.0 Å². The minimum atomic E-state index is -3.72. The largest absolute Gasteiger partial charge is 0.326 e. The second-order valence-corrected chi connectivity index (χ2v) is 5.95. The lowest BCUT2D eigenvalue weighted by Gasteiger charge is -2.15. The summed E-state index contributed by atoms with van der Waals surface area (Å²) in [6.07, 6.45) is 1.60. The molecule has 0 radical (unpaired) electrons. The molecule has 0 aliphatic rings. The van der Waals surface area contributed by atoms with E-state index in [4.69, 9.17) is 5.73 Å². The minimum absolute atomic E-state index is 0.0542. The number of rotatable bonds is 6. The highest BCUT2D eigenvalue weighted by Gasteiger charge is 2.20. The molecule has 0 bridgehead atoms. The number of nitrogens with one attached hydrogen (secondary N) is 1. The first-order valence-corrected chi connectivity index (χ1v) is 7.39. The van der Waals surface area contributed by atoms with Crippen molar-refractivity contribution in [2.75, 3.05) is 0 Å². The topological polar surface area (TPSA) is 72.2 Å². The Hall–Kier alpha value is -0.980. The van der Waals surface area contributed by atoms with E-state index in [1.807, 2.05) is 6.92 Å². The molecule has 0 spiro atoms. The van der Waals surface area contributed by atoms with Gasteiger partial charge >= 0.3 is 0 Å². The Bertz CT molecular complexity index is 503. The van der Waals surface area contributed by atoms with Crippen LogP contribution in [0.3, 0.4) is 0 Å². The van der Waals surface area contributed by atoms with Crippen molar-refractivity contribution in [2.24, 2.45) is 5.73 Å². The molecule has 4 nitrogen and oxygen atoms in total. The molecule has 0 amide bonds. The molecule has 0 aliphatic heterocycles. The predicted octanol–water partition coefficient (Wildman–Crippen LogP) is 1.75. The maximum Gasteiger partial charge on any atom is 0.241 e. The Morgan fingerprint density at radius 1 is 1.44 bits per heavy atom. The van der Waals surface area contributed by atoms with Gasteiger partial charge in [0.15, 0.2) is 0 Å². The summed E-state index contributed by atoms with van der Waals surface area (Å²) in [6, 6.07) is 3.42. The second-order valence-electron chi connectivity index (χ2n) is 4.27. The van der Waals surface area contributed by atoms with Crippen molar-refractivity contribution in [2.45, 2.75) is 44.2 Å². The molecule has 0 heterocycles. The van der Waals surface area contributed by atoms with Gasteiger partial charge in [-0.1, -0.05) is 19.4 Å². The van der Waals surface area contributed by atoms with Crippen molar-refractivity contribution in [3.63, 3.8) is 0 Å². The normalized spacial score (nSPS) is 13.6. The molecule has 0 aliphatic carbocycles. The number of sulfonamides is 1. The summed E-state index contributed by atoms with van der Waals surface area (Å²) >= 11 is 0. The van der Waals surface area contributed by atoms with Crippen molar-refractivity contribution in [3.05, 3.63) is 29.6 Å². The van der Waals surface area contributed by atoms with Gasteiger partial charge in [-0.25, -0.2) is 17.5 Å². The SMILES string of the molecule is CCCC(C)NS(=O)(=O)c1cc(F)ccc1CN. The van der Waals surface area contributed by atoms with Crippen LogP contribution in [0.5, 0.6) is 0 Å². The van der Waals surface area contributed by atoms with Gasteiger partial charge < -0.3 is 5.73 Å². The van der Waals surface area contributed by atoms with E-state index in [2.05, 4.69) is 4.72 Å². The van der Waals surface area contributed by atoms with Crippen molar-refractivity contribution in [1.29, 1.82) is 0 Å². The summed E-state index contributed by atoms with van der Waals surface area (Å²) in [5.74, 6) is -0.587. The smallest absolute Gasteiger partial charge is 0.241 e. The third-order valence-electron chi connectivity index (χ3n) is 2.62. The van der Waals surface area contributed by atoms with E-state index in [0.717, 1.165) is 18.9 Å². The zero-order chi connectivity index (χ0) is 13.8. The zero-order valence-corrected chi connectivity index (χ0v) is 11.4. The highest BCUT2D eigenvalue weighted by atomic mass is 32.2. The fourth-order valence-corrected chi connectivity index (χ4v) is 3.31. The van der Waals surface area contributed by atoms with Crippen molar-refractivity contribution >= 4 is 10.0 Å². The summed E-state index contributed by atoms with van der Waals surface area (Å²) in [7, 11) is -3.72. The molecule has 6 heteroatoms. The standard InChI is InChI=1S/C12H19FN2O2S/c1-3-4-9(2)15-18(16,17)12-7-11(13)6-5-10(12)8-14/h5-7,9,15H,3-4,8,14H2,1-2H3. The van der Waals surface area contributed by atoms with E-state index < -0.39 is 15.8 Å². The van der Waals surface area contributed by atoms with Crippen LogP contribution in [0.1, 0.15) is 32.3 Å². The van der Waals surface area contributed by atoms with E-state index in [0.29, 0.717) is 5.56 Å². The van der Waals surface area contributed by atoms with E-state index in [1.165, 1.54) is 12.1 Å². The lowest BCUT2D eigenvalue weighted by atomic mass is 10.2. The number of hydrogen-bond donors (Lipinski definition) is 2. The van der Waals surface area contributed by atoms with Crippen LogP contribution in [0.2, 0.25) is 0 Å². The maximum atomic E-state index is 13.2. The number of benzene rings is 1. The molecule has 3 N–H and O–H groups in total. The van der Waals surface area contributed by atoms with E-state index in [-0.39, 0.29) is 17.5 Å². The summed E-state index contributed by atoms with van der Waals surface area (Å²) in [4.78, 5) is -0.0760. The molecular formula is C12H19FN2O2S. The van der Waals surface area contributed by atoms with Crippen molar-refractivity contribution < 1.29 is 12.8 Å². The van der Waals surface area contributed by atoms with Gasteiger partial charge in [0.25, 0.3) is 0 Å². The molecule has 1 aromatic carbocycles. The first-order valence-electron chi connectivity index (χ1n) is 5.91. The van der Waals surface area contributed by atoms with Crippen LogP contribution >= 0.6 is 0 Å². The molecule has 1 aromatic rings. The van der Waals surface area contributed by atoms with Crippen LogP contribution in [0.15, 0.2) is 23.1 Å². The molecule has 0 saturated carbocycles. The average Bonchev–Trinajstić information content (AvgIpc) is 2.28. The summed E-state index contributed by atoms with van der Waals surface area (Å²) < 4.78 is 39.9. The summed E-state index contributed by atoms with van der Waals surface area (Å²) in [5, 5.41) is 0. The molecule has 0 fully saturated rings. The van der Waals surface area contributed by atoms with Gasteiger partial charge in [0, 0.05) is 12.6 Å². The molecule has 1 unspecified atom stereocenters. The van der Waals surface area contributed by atoms with Gasteiger partial charge in [0.1, 0.15) is 5.82 Å². The van der Waals surface area contributed by atoms with Crippen molar-refractivity contribution in [3.8, 4) is 0 Å². The quantitative estimate of drug-likeness (QED) is 0.830. The Morgan fingerprint density at radius 3 is 2.67 bits per heavy atom. The zero-order valence-electron chi connectivity index (χ0n) is 10.6. The third-order valence-corrected chi connectivity index (χ3v) is 4.29. The molecule has 0 aromatic heterocycles. The molecule has 0 saturated heterocycles. The Morgan fingerprint density at radius 2 is 2.11 bits per heavy atom. The average molecular weight is 274 g/mol. The first kappa shape index (κ1) is 15.1.